The van der Waals surface area contributed by atoms with Crippen molar-refractivity contribution < 1.29 is 19.1 Å². The standard InChI is InChI=1S/C19H25FN2O3/c1-4-11-19(25,12-5-2)14(3)22-17(23)10-13-21-18(24)15-8-6-7-9-16(15)20/h4-9,14,25H,1-2,10-13H2,3H3,(H,21,24)(H,22,23)/t14-/m1/s1. The van der Waals surface area contributed by atoms with Gasteiger partial charge in [-0.25, -0.2) is 4.39 Å². The Hall–Kier alpha value is -2.47. The Kier molecular flexibility index (Phi) is 8.01. The maximum atomic E-state index is 13.5. The van der Waals surface area contributed by atoms with Crippen molar-refractivity contribution in [3.05, 3.63) is 61.0 Å². The van der Waals surface area contributed by atoms with Gasteiger partial charge in [-0.05, 0) is 31.9 Å². The molecule has 0 bridgehead atoms. The first-order chi connectivity index (χ1) is 11.8. The molecular weight excluding hydrogens is 323 g/mol. The van der Waals surface area contributed by atoms with Crippen LogP contribution in [0.2, 0.25) is 0 Å². The highest BCUT2D eigenvalue weighted by atomic mass is 19.1. The number of hydrogen-bond donors (Lipinski definition) is 3. The molecule has 0 spiro atoms. The van der Waals surface area contributed by atoms with Crippen LogP contribution in [0.15, 0.2) is 49.6 Å². The van der Waals surface area contributed by atoms with Gasteiger partial charge >= 0.3 is 0 Å². The van der Waals surface area contributed by atoms with Gasteiger partial charge < -0.3 is 15.7 Å². The maximum absolute atomic E-state index is 13.5. The van der Waals surface area contributed by atoms with Gasteiger partial charge in [0.2, 0.25) is 5.91 Å². The molecule has 0 aliphatic heterocycles. The minimum Gasteiger partial charge on any atom is -0.387 e. The molecule has 1 rings (SSSR count). The average molecular weight is 348 g/mol. The second kappa shape index (κ2) is 9.74. The topological polar surface area (TPSA) is 78.4 Å². The average Bonchev–Trinajstić information content (AvgIpc) is 2.55. The van der Waals surface area contributed by atoms with E-state index in [1.165, 1.54) is 18.2 Å². The lowest BCUT2D eigenvalue weighted by molar-refractivity contribution is -0.123. The number of amides is 2. The molecule has 136 valence electrons. The fourth-order valence-electron chi connectivity index (χ4n) is 2.41. The third-order valence-electron chi connectivity index (χ3n) is 3.94. The molecule has 0 fully saturated rings. The number of benzene rings is 1. The summed E-state index contributed by atoms with van der Waals surface area (Å²) in [4.78, 5) is 23.8. The lowest BCUT2D eigenvalue weighted by Crippen LogP contribution is -2.51. The van der Waals surface area contributed by atoms with Gasteiger partial charge in [-0.1, -0.05) is 24.3 Å². The Morgan fingerprint density at radius 2 is 1.88 bits per heavy atom. The van der Waals surface area contributed by atoms with Gasteiger partial charge in [-0.2, -0.15) is 0 Å². The zero-order valence-corrected chi connectivity index (χ0v) is 14.4. The highest BCUT2D eigenvalue weighted by molar-refractivity contribution is 5.94. The van der Waals surface area contributed by atoms with E-state index in [1.807, 2.05) is 0 Å². The van der Waals surface area contributed by atoms with E-state index in [4.69, 9.17) is 0 Å². The third-order valence-corrected chi connectivity index (χ3v) is 3.94. The smallest absolute Gasteiger partial charge is 0.254 e. The molecule has 3 N–H and O–H groups in total. The van der Waals surface area contributed by atoms with Crippen LogP contribution < -0.4 is 10.6 Å². The summed E-state index contributed by atoms with van der Waals surface area (Å²) in [5.41, 5.74) is -1.22. The zero-order chi connectivity index (χ0) is 18.9. The second-order valence-corrected chi connectivity index (χ2v) is 5.86. The monoisotopic (exact) mass is 348 g/mol. The van der Waals surface area contributed by atoms with E-state index in [9.17, 15) is 19.1 Å². The van der Waals surface area contributed by atoms with E-state index in [0.29, 0.717) is 12.8 Å². The summed E-state index contributed by atoms with van der Waals surface area (Å²) in [7, 11) is 0. The summed E-state index contributed by atoms with van der Waals surface area (Å²) < 4.78 is 13.5. The largest absolute Gasteiger partial charge is 0.387 e. The maximum Gasteiger partial charge on any atom is 0.254 e. The van der Waals surface area contributed by atoms with Crippen LogP contribution in [0.1, 0.15) is 36.5 Å². The van der Waals surface area contributed by atoms with Crippen molar-refractivity contribution >= 4 is 11.8 Å². The lowest BCUT2D eigenvalue weighted by atomic mass is 9.88. The SMILES string of the molecule is C=CCC(O)(CC=C)[C@@H](C)NC(=O)CCNC(=O)c1ccccc1F. The van der Waals surface area contributed by atoms with Crippen LogP contribution in [-0.2, 0) is 4.79 Å². The van der Waals surface area contributed by atoms with E-state index in [2.05, 4.69) is 23.8 Å². The van der Waals surface area contributed by atoms with Crippen molar-refractivity contribution in [3.63, 3.8) is 0 Å². The fraction of sp³-hybridized carbons (Fsp3) is 0.368. The molecular formula is C19H25FN2O3. The van der Waals surface area contributed by atoms with Gasteiger partial charge in [0.15, 0.2) is 0 Å². The highest BCUT2D eigenvalue weighted by Gasteiger charge is 2.32. The molecule has 1 aromatic carbocycles. The van der Waals surface area contributed by atoms with Crippen LogP contribution in [0, 0.1) is 5.82 Å². The van der Waals surface area contributed by atoms with Crippen LogP contribution in [0.4, 0.5) is 4.39 Å². The number of hydrogen-bond acceptors (Lipinski definition) is 3. The summed E-state index contributed by atoms with van der Waals surface area (Å²) in [5.74, 6) is -1.52. The quantitative estimate of drug-likeness (QED) is 0.568. The normalized spacial score (nSPS) is 12.1. The molecule has 1 aromatic rings. The van der Waals surface area contributed by atoms with Gasteiger partial charge in [-0.3, -0.25) is 9.59 Å². The van der Waals surface area contributed by atoms with E-state index in [0.717, 1.165) is 0 Å². The molecule has 0 aliphatic rings. The Labute approximate surface area is 147 Å². The molecule has 1 atom stereocenters. The van der Waals surface area contributed by atoms with Crippen molar-refractivity contribution in [2.24, 2.45) is 0 Å². The summed E-state index contributed by atoms with van der Waals surface area (Å²) in [6.45, 7) is 8.98. The molecule has 0 radical (unpaired) electrons. The Morgan fingerprint density at radius 1 is 1.28 bits per heavy atom. The summed E-state index contributed by atoms with van der Waals surface area (Å²) in [6.07, 6.45) is 3.80. The number of halogens is 1. The van der Waals surface area contributed by atoms with Crippen molar-refractivity contribution in [2.45, 2.75) is 37.8 Å². The molecule has 25 heavy (non-hydrogen) atoms. The zero-order valence-electron chi connectivity index (χ0n) is 14.4. The minimum absolute atomic E-state index is 0.0167. The van der Waals surface area contributed by atoms with Gasteiger partial charge in [-0.15, -0.1) is 13.2 Å². The van der Waals surface area contributed by atoms with Crippen LogP contribution in [0.25, 0.3) is 0 Å². The van der Waals surface area contributed by atoms with Crippen LogP contribution in [0.5, 0.6) is 0 Å². The van der Waals surface area contributed by atoms with E-state index < -0.39 is 23.4 Å². The van der Waals surface area contributed by atoms with E-state index in [-0.39, 0.29) is 24.4 Å². The molecule has 0 unspecified atom stereocenters. The Balaban J connectivity index is 2.49. The summed E-state index contributed by atoms with van der Waals surface area (Å²) in [5, 5.41) is 15.8. The molecule has 0 saturated carbocycles. The predicted octanol–water partition coefficient (Wildman–Crippen LogP) is 2.33. The molecule has 2 amide bonds. The number of carbonyl (C=O) groups excluding carboxylic acids is 2. The molecule has 5 nitrogen and oxygen atoms in total. The van der Waals surface area contributed by atoms with Crippen molar-refractivity contribution in [2.75, 3.05) is 6.54 Å². The molecule has 0 aromatic heterocycles. The van der Waals surface area contributed by atoms with E-state index in [1.54, 1.807) is 25.1 Å². The highest BCUT2D eigenvalue weighted by Crippen LogP contribution is 2.21. The van der Waals surface area contributed by atoms with E-state index >= 15 is 0 Å². The van der Waals surface area contributed by atoms with Gasteiger partial charge in [0, 0.05) is 13.0 Å². The summed E-state index contributed by atoms with van der Waals surface area (Å²) >= 11 is 0. The number of nitrogens with one attached hydrogen (secondary N) is 2. The second-order valence-electron chi connectivity index (χ2n) is 5.86. The van der Waals surface area contributed by atoms with Crippen molar-refractivity contribution in [1.82, 2.24) is 10.6 Å². The fourth-order valence-corrected chi connectivity index (χ4v) is 2.41. The third kappa shape index (κ3) is 6.15. The van der Waals surface area contributed by atoms with Gasteiger partial charge in [0.1, 0.15) is 5.82 Å². The molecule has 0 heterocycles. The van der Waals surface area contributed by atoms with Crippen LogP contribution in [-0.4, -0.2) is 35.1 Å². The number of rotatable bonds is 10. The summed E-state index contributed by atoms with van der Waals surface area (Å²) in [6, 6.07) is 5.11. The van der Waals surface area contributed by atoms with Crippen LogP contribution in [0.3, 0.4) is 0 Å². The lowest BCUT2D eigenvalue weighted by Gasteiger charge is -2.33. The van der Waals surface area contributed by atoms with Gasteiger partial charge in [0.05, 0.1) is 17.2 Å². The first kappa shape index (κ1) is 20.6. The Morgan fingerprint density at radius 3 is 2.44 bits per heavy atom. The molecule has 6 heteroatoms. The Bertz CT molecular complexity index is 621. The molecule has 0 aliphatic carbocycles. The van der Waals surface area contributed by atoms with Crippen LogP contribution >= 0.6 is 0 Å². The first-order valence-electron chi connectivity index (χ1n) is 8.10. The predicted molar refractivity (Wildman–Crippen MR) is 95.5 cm³/mol. The molecule has 0 saturated heterocycles. The number of carbonyl (C=O) groups is 2. The van der Waals surface area contributed by atoms with Crippen molar-refractivity contribution in [3.8, 4) is 0 Å². The number of aliphatic hydroxyl groups is 1. The van der Waals surface area contributed by atoms with Gasteiger partial charge in [0.25, 0.3) is 5.91 Å². The minimum atomic E-state index is -1.16. The first-order valence-corrected chi connectivity index (χ1v) is 8.10. The van der Waals surface area contributed by atoms with Crippen molar-refractivity contribution in [1.29, 1.82) is 0 Å².